The molecule has 1 aliphatic heterocycles. The van der Waals surface area contributed by atoms with Gasteiger partial charge in [-0.3, -0.25) is 14.6 Å². The molecule has 1 fully saturated rings. The van der Waals surface area contributed by atoms with E-state index < -0.39 is 0 Å². The Morgan fingerprint density at radius 1 is 1.25 bits per heavy atom. The third kappa shape index (κ3) is 4.21. The number of carbonyl (C=O) groups is 1. The number of ether oxygens (including phenoxy) is 2. The van der Waals surface area contributed by atoms with Crippen LogP contribution in [0.5, 0.6) is 5.75 Å². The second kappa shape index (κ2) is 9.28. The summed E-state index contributed by atoms with van der Waals surface area (Å²) in [6.45, 7) is 7.15. The van der Waals surface area contributed by atoms with E-state index in [-0.39, 0.29) is 5.91 Å². The van der Waals surface area contributed by atoms with Gasteiger partial charge in [-0.2, -0.15) is 0 Å². The number of thiazole rings is 1. The Balaban J connectivity index is 1.48. The van der Waals surface area contributed by atoms with Gasteiger partial charge in [0.2, 0.25) is 0 Å². The van der Waals surface area contributed by atoms with Crippen molar-refractivity contribution in [1.29, 1.82) is 0 Å². The predicted molar refractivity (Wildman–Crippen MR) is 128 cm³/mol. The molecule has 7 nitrogen and oxygen atoms in total. The first-order chi connectivity index (χ1) is 15.7. The standard InChI is InChI=1S/C24H26N4O3S/c1-2-31-17-7-8-21-22(15-17)32-24(26-21)28(10-9-27-11-13-30-14-12-27)23(29)19-16-25-20-6-4-3-5-18(19)20/h3-8,15-16,25H,2,9-14H2,1H3. The Morgan fingerprint density at radius 2 is 2.09 bits per heavy atom. The number of nitrogens with zero attached hydrogens (tertiary/aromatic N) is 3. The molecule has 0 aliphatic carbocycles. The lowest BCUT2D eigenvalue weighted by molar-refractivity contribution is 0.0391. The van der Waals surface area contributed by atoms with Gasteiger partial charge >= 0.3 is 0 Å². The van der Waals surface area contributed by atoms with Crippen LogP contribution in [0.2, 0.25) is 0 Å². The number of hydrogen-bond acceptors (Lipinski definition) is 6. The molecule has 166 valence electrons. The van der Waals surface area contributed by atoms with E-state index in [1.165, 1.54) is 11.3 Å². The van der Waals surface area contributed by atoms with Gasteiger partial charge in [0.1, 0.15) is 5.75 Å². The van der Waals surface area contributed by atoms with Crippen molar-refractivity contribution < 1.29 is 14.3 Å². The number of hydrogen-bond donors (Lipinski definition) is 1. The molecule has 0 atom stereocenters. The third-order valence-electron chi connectivity index (χ3n) is 5.70. The zero-order chi connectivity index (χ0) is 21.9. The largest absolute Gasteiger partial charge is 0.494 e. The highest BCUT2D eigenvalue weighted by molar-refractivity contribution is 7.22. The van der Waals surface area contributed by atoms with Crippen LogP contribution in [0.3, 0.4) is 0 Å². The smallest absolute Gasteiger partial charge is 0.262 e. The molecule has 0 radical (unpaired) electrons. The van der Waals surface area contributed by atoms with Gasteiger partial charge in [-0.15, -0.1) is 0 Å². The summed E-state index contributed by atoms with van der Waals surface area (Å²) in [5, 5.41) is 1.63. The van der Waals surface area contributed by atoms with Crippen LogP contribution in [0, 0.1) is 0 Å². The van der Waals surface area contributed by atoms with Crippen molar-refractivity contribution in [3.05, 3.63) is 54.2 Å². The van der Waals surface area contributed by atoms with Gasteiger partial charge in [0.25, 0.3) is 5.91 Å². The number of fused-ring (bicyclic) bond motifs is 2. The fraction of sp³-hybridized carbons (Fsp3) is 0.333. The molecule has 2 aromatic heterocycles. The van der Waals surface area contributed by atoms with Crippen molar-refractivity contribution in [1.82, 2.24) is 14.9 Å². The molecular formula is C24H26N4O3S. The zero-order valence-corrected chi connectivity index (χ0v) is 18.9. The van der Waals surface area contributed by atoms with Crippen molar-refractivity contribution in [2.75, 3.05) is 50.9 Å². The topological polar surface area (TPSA) is 70.7 Å². The first-order valence-electron chi connectivity index (χ1n) is 10.9. The van der Waals surface area contributed by atoms with Crippen LogP contribution in [0.1, 0.15) is 17.3 Å². The number of nitrogens with one attached hydrogen (secondary N) is 1. The quantitative estimate of drug-likeness (QED) is 0.458. The third-order valence-corrected chi connectivity index (χ3v) is 6.74. The lowest BCUT2D eigenvalue weighted by Crippen LogP contribution is -2.43. The molecule has 2 aromatic carbocycles. The first kappa shape index (κ1) is 20.9. The Labute approximate surface area is 190 Å². The van der Waals surface area contributed by atoms with Gasteiger partial charge in [0.15, 0.2) is 5.13 Å². The SMILES string of the molecule is CCOc1ccc2nc(N(CCN3CCOCC3)C(=O)c3c[nH]c4ccccc34)sc2c1. The summed E-state index contributed by atoms with van der Waals surface area (Å²) in [5.41, 5.74) is 2.49. The number of rotatable bonds is 7. The number of aromatic amines is 1. The van der Waals surface area contributed by atoms with Crippen LogP contribution < -0.4 is 9.64 Å². The molecule has 0 bridgehead atoms. The lowest BCUT2D eigenvalue weighted by atomic mass is 10.1. The molecule has 1 amide bonds. The molecule has 5 rings (SSSR count). The number of anilines is 1. The average molecular weight is 451 g/mol. The molecule has 8 heteroatoms. The minimum Gasteiger partial charge on any atom is -0.494 e. The maximum atomic E-state index is 13.7. The minimum atomic E-state index is -0.0419. The number of H-pyrrole nitrogens is 1. The number of benzene rings is 2. The molecule has 1 N–H and O–H groups in total. The van der Waals surface area contributed by atoms with Gasteiger partial charge in [0, 0.05) is 43.3 Å². The van der Waals surface area contributed by atoms with Crippen molar-refractivity contribution in [3.8, 4) is 5.75 Å². The van der Waals surface area contributed by atoms with Crippen molar-refractivity contribution in [2.45, 2.75) is 6.92 Å². The molecule has 0 spiro atoms. The van der Waals surface area contributed by atoms with Crippen LogP contribution in [-0.4, -0.2) is 66.8 Å². The molecular weight excluding hydrogens is 424 g/mol. The summed E-state index contributed by atoms with van der Waals surface area (Å²) in [5.74, 6) is 0.776. The van der Waals surface area contributed by atoms with Gasteiger partial charge in [-0.1, -0.05) is 29.5 Å². The van der Waals surface area contributed by atoms with E-state index in [4.69, 9.17) is 14.5 Å². The van der Waals surface area contributed by atoms with E-state index in [2.05, 4.69) is 9.88 Å². The monoisotopic (exact) mass is 450 g/mol. The Bertz CT molecular complexity index is 1230. The zero-order valence-electron chi connectivity index (χ0n) is 18.0. The van der Waals surface area contributed by atoms with Gasteiger partial charge in [-0.05, 0) is 31.2 Å². The summed E-state index contributed by atoms with van der Waals surface area (Å²) >= 11 is 1.52. The molecule has 4 aromatic rings. The summed E-state index contributed by atoms with van der Waals surface area (Å²) in [4.78, 5) is 25.9. The van der Waals surface area contributed by atoms with E-state index >= 15 is 0 Å². The minimum absolute atomic E-state index is 0.0419. The lowest BCUT2D eigenvalue weighted by Gasteiger charge is -2.29. The van der Waals surface area contributed by atoms with Crippen LogP contribution in [0.4, 0.5) is 5.13 Å². The van der Waals surface area contributed by atoms with Crippen molar-refractivity contribution in [2.24, 2.45) is 0 Å². The second-order valence-corrected chi connectivity index (χ2v) is 8.73. The number of carbonyl (C=O) groups excluding carboxylic acids is 1. The highest BCUT2D eigenvalue weighted by Gasteiger charge is 2.25. The number of para-hydroxylation sites is 1. The highest BCUT2D eigenvalue weighted by atomic mass is 32.1. The second-order valence-electron chi connectivity index (χ2n) is 7.72. The fourth-order valence-electron chi connectivity index (χ4n) is 4.01. The molecule has 0 saturated carbocycles. The Kier molecular flexibility index (Phi) is 6.07. The molecule has 32 heavy (non-hydrogen) atoms. The number of morpholine rings is 1. The predicted octanol–water partition coefficient (Wildman–Crippen LogP) is 4.16. The van der Waals surface area contributed by atoms with E-state index in [9.17, 15) is 4.79 Å². The van der Waals surface area contributed by atoms with E-state index in [0.29, 0.717) is 23.8 Å². The summed E-state index contributed by atoms with van der Waals surface area (Å²) in [6, 6.07) is 13.8. The Hall–Kier alpha value is -2.94. The van der Waals surface area contributed by atoms with Gasteiger partial charge < -0.3 is 14.5 Å². The van der Waals surface area contributed by atoms with Crippen LogP contribution in [0.25, 0.3) is 21.1 Å². The average Bonchev–Trinajstić information content (AvgIpc) is 3.44. The Morgan fingerprint density at radius 3 is 2.94 bits per heavy atom. The molecule has 1 saturated heterocycles. The van der Waals surface area contributed by atoms with Gasteiger partial charge in [0.05, 0.1) is 35.6 Å². The molecule has 1 aliphatic rings. The number of amides is 1. The van der Waals surface area contributed by atoms with E-state index in [1.807, 2.05) is 54.3 Å². The van der Waals surface area contributed by atoms with Crippen molar-refractivity contribution in [3.63, 3.8) is 0 Å². The van der Waals surface area contributed by atoms with Crippen LogP contribution in [-0.2, 0) is 4.74 Å². The molecule has 3 heterocycles. The van der Waals surface area contributed by atoms with Crippen LogP contribution in [0.15, 0.2) is 48.7 Å². The highest BCUT2D eigenvalue weighted by Crippen LogP contribution is 2.33. The fourth-order valence-corrected chi connectivity index (χ4v) is 5.03. The van der Waals surface area contributed by atoms with Gasteiger partial charge in [-0.25, -0.2) is 4.98 Å². The maximum Gasteiger partial charge on any atom is 0.262 e. The summed E-state index contributed by atoms with van der Waals surface area (Å²) in [6.07, 6.45) is 1.80. The van der Waals surface area contributed by atoms with E-state index in [1.54, 1.807) is 6.20 Å². The first-order valence-corrected chi connectivity index (χ1v) is 11.8. The summed E-state index contributed by atoms with van der Waals surface area (Å²) < 4.78 is 12.1. The van der Waals surface area contributed by atoms with Crippen LogP contribution >= 0.6 is 11.3 Å². The number of aromatic nitrogens is 2. The maximum absolute atomic E-state index is 13.7. The normalized spacial score (nSPS) is 14.8. The van der Waals surface area contributed by atoms with E-state index in [0.717, 1.165) is 59.7 Å². The molecule has 0 unspecified atom stereocenters. The van der Waals surface area contributed by atoms with Crippen molar-refractivity contribution >= 4 is 43.5 Å². The summed E-state index contributed by atoms with van der Waals surface area (Å²) in [7, 11) is 0.